The van der Waals surface area contributed by atoms with Crippen molar-refractivity contribution in [3.05, 3.63) is 39.0 Å². The van der Waals surface area contributed by atoms with Crippen molar-refractivity contribution < 1.29 is 18.3 Å². The standard InChI is InChI=1S/C16H16BrClF2N2O2Si/c1-24-16(23)15-12(18)13(21)11(17)14(22-15)7-5-9(20)10(6-8(7)19)25(2,3)4/h5-6H,1-4H3,(H2,21,22). The molecule has 0 bridgehead atoms. The van der Waals surface area contributed by atoms with Crippen molar-refractivity contribution in [2.75, 3.05) is 12.8 Å². The van der Waals surface area contributed by atoms with Gasteiger partial charge in [0.05, 0.1) is 36.1 Å². The zero-order chi connectivity index (χ0) is 19.1. The van der Waals surface area contributed by atoms with E-state index in [9.17, 15) is 13.6 Å². The molecule has 0 atom stereocenters. The minimum Gasteiger partial charge on any atom is -0.464 e. The summed E-state index contributed by atoms with van der Waals surface area (Å²) in [7, 11) is -0.914. The molecule has 1 aromatic heterocycles. The molecule has 2 N–H and O–H groups in total. The molecule has 0 saturated carbocycles. The highest BCUT2D eigenvalue weighted by Gasteiger charge is 2.26. The van der Waals surface area contributed by atoms with E-state index in [4.69, 9.17) is 17.3 Å². The van der Waals surface area contributed by atoms with Gasteiger partial charge < -0.3 is 10.5 Å². The van der Waals surface area contributed by atoms with Crippen LogP contribution in [0.2, 0.25) is 24.7 Å². The number of nitrogen functional groups attached to an aromatic ring is 1. The Kier molecular flexibility index (Phi) is 5.55. The fourth-order valence-electron chi connectivity index (χ4n) is 2.27. The highest BCUT2D eigenvalue weighted by molar-refractivity contribution is 9.10. The van der Waals surface area contributed by atoms with E-state index in [-0.39, 0.29) is 32.1 Å². The van der Waals surface area contributed by atoms with E-state index < -0.39 is 25.7 Å². The Morgan fingerprint density at radius 2 is 1.88 bits per heavy atom. The molecule has 0 radical (unpaired) electrons. The summed E-state index contributed by atoms with van der Waals surface area (Å²) in [5, 5.41) is 0.238. The molecule has 0 fully saturated rings. The molecule has 1 heterocycles. The molecule has 2 rings (SSSR count). The Labute approximate surface area is 158 Å². The third kappa shape index (κ3) is 3.70. The molecule has 0 aliphatic rings. The van der Waals surface area contributed by atoms with Crippen LogP contribution in [0, 0.1) is 11.6 Å². The van der Waals surface area contributed by atoms with Gasteiger partial charge >= 0.3 is 5.97 Å². The molecule has 0 amide bonds. The van der Waals surface area contributed by atoms with E-state index in [1.807, 2.05) is 19.6 Å². The number of carbonyl (C=O) groups is 1. The maximum Gasteiger partial charge on any atom is 0.358 e. The molecular formula is C16H16BrClF2N2O2Si. The first-order chi connectivity index (χ1) is 11.5. The Balaban J connectivity index is 2.77. The zero-order valence-electron chi connectivity index (χ0n) is 14.0. The van der Waals surface area contributed by atoms with Crippen LogP contribution in [0.25, 0.3) is 11.3 Å². The number of halogens is 4. The summed E-state index contributed by atoms with van der Waals surface area (Å²) in [6.07, 6.45) is 0. The summed E-state index contributed by atoms with van der Waals surface area (Å²) in [5.41, 5.74) is 5.43. The molecule has 0 unspecified atom stereocenters. The summed E-state index contributed by atoms with van der Waals surface area (Å²) in [5.74, 6) is -2.02. The van der Waals surface area contributed by atoms with Gasteiger partial charge in [0.1, 0.15) is 11.6 Å². The molecular weight excluding hydrogens is 434 g/mol. The van der Waals surface area contributed by atoms with Crippen LogP contribution in [0.4, 0.5) is 14.5 Å². The van der Waals surface area contributed by atoms with Gasteiger partial charge in [0.25, 0.3) is 0 Å². The van der Waals surface area contributed by atoms with Crippen LogP contribution in [0.1, 0.15) is 10.5 Å². The van der Waals surface area contributed by atoms with E-state index in [0.29, 0.717) is 5.19 Å². The Bertz CT molecular complexity index is 872. The van der Waals surface area contributed by atoms with Crippen molar-refractivity contribution in [1.82, 2.24) is 4.98 Å². The van der Waals surface area contributed by atoms with Crippen LogP contribution in [-0.2, 0) is 4.74 Å². The number of nitrogens with two attached hydrogens (primary N) is 1. The third-order valence-corrected chi connectivity index (χ3v) is 6.80. The average Bonchev–Trinajstić information content (AvgIpc) is 2.53. The van der Waals surface area contributed by atoms with Gasteiger partial charge in [0.2, 0.25) is 0 Å². The maximum atomic E-state index is 14.7. The molecule has 2 aromatic rings. The predicted octanol–water partition coefficient (Wildman–Crippen LogP) is 4.36. The van der Waals surface area contributed by atoms with Crippen molar-refractivity contribution >= 4 is 52.4 Å². The van der Waals surface area contributed by atoms with E-state index in [0.717, 1.165) is 13.2 Å². The summed E-state index contributed by atoms with van der Waals surface area (Å²) >= 11 is 9.19. The second kappa shape index (κ2) is 7.01. The fraction of sp³-hybridized carbons (Fsp3) is 0.250. The molecule has 0 aliphatic heterocycles. The summed E-state index contributed by atoms with van der Waals surface area (Å²) in [6.45, 7) is 5.73. The lowest BCUT2D eigenvalue weighted by Gasteiger charge is -2.19. The smallest absolute Gasteiger partial charge is 0.358 e. The Hall–Kier alpha value is -1.51. The lowest BCUT2D eigenvalue weighted by molar-refractivity contribution is 0.0594. The van der Waals surface area contributed by atoms with Crippen molar-refractivity contribution in [1.29, 1.82) is 0 Å². The van der Waals surface area contributed by atoms with Gasteiger partial charge in [-0.25, -0.2) is 18.6 Å². The largest absolute Gasteiger partial charge is 0.464 e. The van der Waals surface area contributed by atoms with Crippen molar-refractivity contribution in [3.8, 4) is 11.3 Å². The van der Waals surface area contributed by atoms with Crippen molar-refractivity contribution in [2.24, 2.45) is 0 Å². The SMILES string of the molecule is COC(=O)c1nc(-c2cc(F)c([Si](C)(C)C)cc2F)c(Br)c(N)c1Cl. The van der Waals surface area contributed by atoms with Crippen LogP contribution in [0.5, 0.6) is 0 Å². The number of anilines is 1. The van der Waals surface area contributed by atoms with Crippen LogP contribution in [-0.4, -0.2) is 26.1 Å². The third-order valence-electron chi connectivity index (χ3n) is 3.61. The Morgan fingerprint density at radius 1 is 1.28 bits per heavy atom. The predicted molar refractivity (Wildman–Crippen MR) is 101 cm³/mol. The molecule has 25 heavy (non-hydrogen) atoms. The number of benzene rings is 1. The highest BCUT2D eigenvalue weighted by atomic mass is 79.9. The van der Waals surface area contributed by atoms with E-state index in [1.54, 1.807) is 0 Å². The van der Waals surface area contributed by atoms with Crippen LogP contribution in [0.15, 0.2) is 16.6 Å². The highest BCUT2D eigenvalue weighted by Crippen LogP contribution is 2.38. The van der Waals surface area contributed by atoms with E-state index in [1.165, 1.54) is 6.07 Å². The summed E-state index contributed by atoms with van der Waals surface area (Å²) < 4.78 is 34.0. The molecule has 4 nitrogen and oxygen atoms in total. The first-order valence-electron chi connectivity index (χ1n) is 7.21. The fourth-order valence-corrected chi connectivity index (χ4v) is 4.45. The first kappa shape index (κ1) is 19.8. The number of nitrogens with zero attached hydrogens (tertiary/aromatic N) is 1. The number of hydrogen-bond donors (Lipinski definition) is 1. The van der Waals surface area contributed by atoms with Crippen LogP contribution >= 0.6 is 27.5 Å². The van der Waals surface area contributed by atoms with Gasteiger partial charge in [-0.15, -0.1) is 0 Å². The topological polar surface area (TPSA) is 65.2 Å². The molecule has 9 heteroatoms. The zero-order valence-corrected chi connectivity index (χ0v) is 17.3. The Morgan fingerprint density at radius 3 is 2.40 bits per heavy atom. The number of rotatable bonds is 3. The van der Waals surface area contributed by atoms with E-state index >= 15 is 0 Å². The molecule has 0 saturated heterocycles. The number of pyridine rings is 1. The van der Waals surface area contributed by atoms with Gasteiger partial charge in [-0.1, -0.05) is 31.2 Å². The van der Waals surface area contributed by atoms with Crippen LogP contribution < -0.4 is 10.9 Å². The lowest BCUT2D eigenvalue weighted by Crippen LogP contribution is -2.40. The van der Waals surface area contributed by atoms with Crippen LogP contribution in [0.3, 0.4) is 0 Å². The van der Waals surface area contributed by atoms with Gasteiger partial charge in [0.15, 0.2) is 5.69 Å². The lowest BCUT2D eigenvalue weighted by atomic mass is 10.1. The monoisotopic (exact) mass is 448 g/mol. The number of aromatic nitrogens is 1. The molecule has 0 spiro atoms. The second-order valence-corrected chi connectivity index (χ2v) is 12.6. The number of ether oxygens (including phenoxy) is 1. The quantitative estimate of drug-likeness (QED) is 0.559. The normalized spacial score (nSPS) is 11.5. The van der Waals surface area contributed by atoms with Crippen molar-refractivity contribution in [3.63, 3.8) is 0 Å². The molecule has 1 aromatic carbocycles. The average molecular weight is 450 g/mol. The van der Waals surface area contributed by atoms with Gasteiger partial charge in [-0.2, -0.15) is 0 Å². The summed E-state index contributed by atoms with van der Waals surface area (Å²) in [4.78, 5) is 15.9. The van der Waals surface area contributed by atoms with Gasteiger partial charge in [0, 0.05) is 5.56 Å². The molecule has 0 aliphatic carbocycles. The minimum atomic E-state index is -2.07. The van der Waals surface area contributed by atoms with E-state index in [2.05, 4.69) is 25.7 Å². The number of hydrogen-bond acceptors (Lipinski definition) is 4. The second-order valence-electron chi connectivity index (χ2n) is 6.40. The van der Waals surface area contributed by atoms with Gasteiger partial charge in [-0.3, -0.25) is 0 Å². The minimum absolute atomic E-state index is 0.0128. The molecule has 134 valence electrons. The number of methoxy groups -OCH3 is 1. The number of carbonyl (C=O) groups excluding carboxylic acids is 1. The van der Waals surface area contributed by atoms with Gasteiger partial charge in [-0.05, 0) is 33.2 Å². The summed E-state index contributed by atoms with van der Waals surface area (Å²) in [6, 6.07) is 2.23. The number of esters is 1. The maximum absolute atomic E-state index is 14.7. The van der Waals surface area contributed by atoms with Crippen molar-refractivity contribution in [2.45, 2.75) is 19.6 Å². The first-order valence-corrected chi connectivity index (χ1v) is 11.9.